The van der Waals surface area contributed by atoms with Crippen molar-refractivity contribution in [2.75, 3.05) is 18.0 Å². The lowest BCUT2D eigenvalue weighted by molar-refractivity contribution is 0.113. The lowest BCUT2D eigenvalue weighted by atomic mass is 9.69. The van der Waals surface area contributed by atoms with Gasteiger partial charge in [-0.1, -0.05) is 79.3 Å². The molecule has 1 aliphatic carbocycles. The third-order valence-corrected chi connectivity index (χ3v) is 8.99. The lowest BCUT2D eigenvalue weighted by Gasteiger charge is -2.44. The molecule has 1 spiro atoms. The summed E-state index contributed by atoms with van der Waals surface area (Å²) in [6, 6.07) is 12.8. The quantitative estimate of drug-likeness (QED) is 0.404. The molecular formula is C29H36ClN3S. The number of halogens is 1. The van der Waals surface area contributed by atoms with Gasteiger partial charge in [-0.2, -0.15) is 0 Å². The Morgan fingerprint density at radius 2 is 1.53 bits per heavy atom. The average Bonchev–Trinajstić information content (AvgIpc) is 3.05. The number of hydrogen-bond donors (Lipinski definition) is 0. The van der Waals surface area contributed by atoms with Crippen LogP contribution in [0.4, 0.5) is 11.4 Å². The molecule has 0 bridgehead atoms. The topological polar surface area (TPSA) is 18.8 Å². The van der Waals surface area contributed by atoms with Crippen LogP contribution in [0.1, 0.15) is 68.1 Å². The minimum atomic E-state index is -0.0462. The van der Waals surface area contributed by atoms with Crippen LogP contribution in [0, 0.1) is 26.2 Å². The third kappa shape index (κ3) is 4.12. The van der Waals surface area contributed by atoms with Crippen LogP contribution in [0.3, 0.4) is 0 Å². The normalized spacial score (nSPS) is 24.4. The summed E-state index contributed by atoms with van der Waals surface area (Å²) >= 11 is 13.2. The number of likely N-dealkylation sites (tertiary alicyclic amines) is 1. The SMILES string of the molecule is Cc1cc(C)c(N=C2C(N3CCCCC3)C3(CCCCC3)C(=S)N2c2ccccc2Cl)c(C)c1. The number of benzene rings is 2. The summed E-state index contributed by atoms with van der Waals surface area (Å²) in [6.07, 6.45) is 9.86. The molecule has 3 fully saturated rings. The van der Waals surface area contributed by atoms with E-state index in [-0.39, 0.29) is 11.5 Å². The molecule has 2 heterocycles. The molecule has 2 aromatic rings. The molecule has 34 heavy (non-hydrogen) atoms. The van der Waals surface area contributed by atoms with Crippen LogP contribution in [0.25, 0.3) is 0 Å². The fourth-order valence-corrected chi connectivity index (χ4v) is 7.34. The predicted molar refractivity (Wildman–Crippen MR) is 149 cm³/mol. The van der Waals surface area contributed by atoms with Gasteiger partial charge in [0.15, 0.2) is 0 Å². The second-order valence-electron chi connectivity index (χ2n) is 10.5. The number of piperidine rings is 1. The zero-order chi connectivity index (χ0) is 23.9. The van der Waals surface area contributed by atoms with Crippen LogP contribution >= 0.6 is 23.8 Å². The molecule has 1 unspecified atom stereocenters. The van der Waals surface area contributed by atoms with E-state index in [0.717, 1.165) is 53.2 Å². The zero-order valence-corrected chi connectivity index (χ0v) is 22.3. The Bertz CT molecular complexity index is 1090. The smallest absolute Gasteiger partial charge is 0.133 e. The monoisotopic (exact) mass is 493 g/mol. The van der Waals surface area contributed by atoms with Gasteiger partial charge in [0.25, 0.3) is 0 Å². The Kier molecular flexibility index (Phi) is 6.85. The van der Waals surface area contributed by atoms with Crippen molar-refractivity contribution in [2.24, 2.45) is 10.4 Å². The Balaban J connectivity index is 1.75. The number of anilines is 1. The van der Waals surface area contributed by atoms with E-state index in [1.54, 1.807) is 0 Å². The van der Waals surface area contributed by atoms with E-state index in [0.29, 0.717) is 0 Å². The van der Waals surface area contributed by atoms with Gasteiger partial charge in [0.05, 0.1) is 27.4 Å². The van der Waals surface area contributed by atoms with Gasteiger partial charge >= 0.3 is 0 Å². The van der Waals surface area contributed by atoms with Crippen molar-refractivity contribution in [3.63, 3.8) is 0 Å². The van der Waals surface area contributed by atoms with Gasteiger partial charge in [-0.05, 0) is 82.8 Å². The van der Waals surface area contributed by atoms with Crippen LogP contribution in [0.15, 0.2) is 41.4 Å². The van der Waals surface area contributed by atoms with Gasteiger partial charge in [-0.3, -0.25) is 9.80 Å². The first-order chi connectivity index (χ1) is 16.4. The first kappa shape index (κ1) is 24.0. The minimum absolute atomic E-state index is 0.0462. The summed E-state index contributed by atoms with van der Waals surface area (Å²) in [7, 11) is 0. The van der Waals surface area contributed by atoms with E-state index in [9.17, 15) is 0 Å². The fraction of sp³-hybridized carbons (Fsp3) is 0.517. The molecule has 5 heteroatoms. The van der Waals surface area contributed by atoms with Crippen LogP contribution in [-0.2, 0) is 0 Å². The van der Waals surface area contributed by atoms with Crippen LogP contribution < -0.4 is 4.90 Å². The average molecular weight is 494 g/mol. The highest BCUT2D eigenvalue weighted by atomic mass is 35.5. The van der Waals surface area contributed by atoms with E-state index in [4.69, 9.17) is 28.8 Å². The molecule has 3 nitrogen and oxygen atoms in total. The highest BCUT2D eigenvalue weighted by Gasteiger charge is 2.57. The van der Waals surface area contributed by atoms with Crippen molar-refractivity contribution in [3.8, 4) is 0 Å². The van der Waals surface area contributed by atoms with Gasteiger partial charge in [0, 0.05) is 5.41 Å². The third-order valence-electron chi connectivity index (χ3n) is 8.08. The number of aliphatic imine (C=N–C) groups is 1. The minimum Gasteiger partial charge on any atom is -0.293 e. The van der Waals surface area contributed by atoms with Gasteiger partial charge in [-0.25, -0.2) is 4.99 Å². The molecule has 1 atom stereocenters. The Hall–Kier alpha value is -1.75. The van der Waals surface area contributed by atoms with Crippen LogP contribution in [0.5, 0.6) is 0 Å². The van der Waals surface area contributed by atoms with Crippen molar-refractivity contribution in [1.82, 2.24) is 4.90 Å². The highest BCUT2D eigenvalue weighted by molar-refractivity contribution is 7.80. The number of hydrogen-bond acceptors (Lipinski definition) is 3. The summed E-state index contributed by atoms with van der Waals surface area (Å²) in [4.78, 5) is 11.5. The van der Waals surface area contributed by atoms with E-state index < -0.39 is 0 Å². The molecule has 2 aromatic carbocycles. The first-order valence-electron chi connectivity index (χ1n) is 12.9. The Morgan fingerprint density at radius 3 is 2.18 bits per heavy atom. The second-order valence-corrected chi connectivity index (χ2v) is 11.3. The standard InChI is InChI=1S/C29H36ClN3S/c1-20-18-21(2)25(22(3)19-20)31-27-26(32-16-10-5-11-17-32)29(14-8-4-9-15-29)28(34)33(27)24-13-7-6-12-23(24)30/h6-7,12-13,18-19,26H,4-5,8-11,14-17H2,1-3H3. The molecular weight excluding hydrogens is 458 g/mol. The van der Waals surface area contributed by atoms with Crippen molar-refractivity contribution >= 4 is 46.0 Å². The fourth-order valence-electron chi connectivity index (χ4n) is 6.61. The van der Waals surface area contributed by atoms with Crippen molar-refractivity contribution in [1.29, 1.82) is 0 Å². The Labute approximate surface area is 215 Å². The number of rotatable bonds is 3. The molecule has 2 saturated heterocycles. The molecule has 0 amide bonds. The summed E-state index contributed by atoms with van der Waals surface area (Å²) in [5.74, 6) is 1.08. The van der Waals surface area contributed by atoms with Crippen LogP contribution in [0.2, 0.25) is 5.02 Å². The largest absolute Gasteiger partial charge is 0.293 e. The molecule has 5 rings (SSSR count). The second kappa shape index (κ2) is 9.72. The number of para-hydroxylation sites is 1. The molecule has 2 aliphatic heterocycles. The Morgan fingerprint density at radius 1 is 0.912 bits per heavy atom. The summed E-state index contributed by atoms with van der Waals surface area (Å²) in [5, 5.41) is 0.736. The molecule has 180 valence electrons. The molecule has 0 N–H and O–H groups in total. The number of aryl methyl sites for hydroxylation is 3. The summed E-state index contributed by atoms with van der Waals surface area (Å²) < 4.78 is 0. The number of thiocarbonyl (C=S) groups is 1. The first-order valence-corrected chi connectivity index (χ1v) is 13.7. The maximum absolute atomic E-state index is 6.81. The molecule has 1 saturated carbocycles. The zero-order valence-electron chi connectivity index (χ0n) is 20.7. The van der Waals surface area contributed by atoms with Gasteiger partial charge in [0.2, 0.25) is 0 Å². The van der Waals surface area contributed by atoms with Gasteiger partial charge in [0.1, 0.15) is 5.84 Å². The van der Waals surface area contributed by atoms with E-state index in [1.165, 1.54) is 55.2 Å². The van der Waals surface area contributed by atoms with Gasteiger partial charge < -0.3 is 0 Å². The number of amidine groups is 1. The van der Waals surface area contributed by atoms with E-state index in [1.807, 2.05) is 12.1 Å². The van der Waals surface area contributed by atoms with Gasteiger partial charge in [-0.15, -0.1) is 0 Å². The van der Waals surface area contributed by atoms with Crippen molar-refractivity contribution in [2.45, 2.75) is 78.2 Å². The van der Waals surface area contributed by atoms with Crippen LogP contribution in [-0.4, -0.2) is 34.9 Å². The maximum atomic E-state index is 6.81. The molecule has 3 aliphatic rings. The van der Waals surface area contributed by atoms with Crippen molar-refractivity contribution < 1.29 is 0 Å². The summed E-state index contributed by atoms with van der Waals surface area (Å²) in [6.45, 7) is 8.76. The van der Waals surface area contributed by atoms with Crippen molar-refractivity contribution in [3.05, 3.63) is 58.1 Å². The number of nitrogens with zero attached hydrogens (tertiary/aromatic N) is 3. The van der Waals surface area contributed by atoms with E-state index in [2.05, 4.69) is 54.8 Å². The summed E-state index contributed by atoms with van der Waals surface area (Å²) in [5.41, 5.74) is 5.72. The predicted octanol–water partition coefficient (Wildman–Crippen LogP) is 7.95. The maximum Gasteiger partial charge on any atom is 0.133 e. The highest BCUT2D eigenvalue weighted by Crippen LogP contribution is 2.51. The van der Waals surface area contributed by atoms with E-state index >= 15 is 0 Å². The lowest BCUT2D eigenvalue weighted by Crippen LogP contribution is -2.52. The molecule has 0 radical (unpaired) electrons. The molecule has 0 aromatic heterocycles.